The Balaban J connectivity index is 1.75. The highest BCUT2D eigenvalue weighted by molar-refractivity contribution is 5.92. The molecular formula is C19H19F2NO6. The zero-order chi connectivity index (χ0) is 20.4. The molecule has 7 nitrogen and oxygen atoms in total. The number of methoxy groups -OCH3 is 1. The number of esters is 1. The van der Waals surface area contributed by atoms with Crippen molar-refractivity contribution in [1.29, 1.82) is 0 Å². The second-order valence-electron chi connectivity index (χ2n) is 5.33. The minimum Gasteiger partial charge on any atom is -0.493 e. The number of alkyl halides is 2. The van der Waals surface area contributed by atoms with Gasteiger partial charge in [0.2, 0.25) is 0 Å². The number of carbonyl (C=O) groups excluding carboxylic acids is 2. The topological polar surface area (TPSA) is 83.1 Å². The predicted molar refractivity (Wildman–Crippen MR) is 94.9 cm³/mol. The van der Waals surface area contributed by atoms with Crippen molar-refractivity contribution in [1.82, 2.24) is 5.32 Å². The summed E-state index contributed by atoms with van der Waals surface area (Å²) >= 11 is 0. The molecule has 2 rings (SSSR count). The fourth-order valence-corrected chi connectivity index (χ4v) is 2.13. The van der Waals surface area contributed by atoms with Gasteiger partial charge < -0.3 is 24.3 Å². The predicted octanol–water partition coefficient (Wildman–Crippen LogP) is 2.65. The van der Waals surface area contributed by atoms with Crippen molar-refractivity contribution in [2.24, 2.45) is 0 Å². The summed E-state index contributed by atoms with van der Waals surface area (Å²) in [6.07, 6.45) is 0. The molecule has 0 radical (unpaired) electrons. The van der Waals surface area contributed by atoms with E-state index in [0.29, 0.717) is 5.75 Å². The lowest BCUT2D eigenvalue weighted by Crippen LogP contribution is -2.32. The van der Waals surface area contributed by atoms with Gasteiger partial charge in [0.1, 0.15) is 12.4 Å². The standard InChI is InChI=1S/C19H19F2NO6/c1-25-16-11-13(7-8-15(16)28-19(20)21)18(24)27-12-17(23)22-9-10-26-14-5-3-2-4-6-14/h2-8,11,19H,9-10,12H2,1H3,(H,22,23). The van der Waals surface area contributed by atoms with Crippen LogP contribution in [-0.2, 0) is 9.53 Å². The summed E-state index contributed by atoms with van der Waals surface area (Å²) in [4.78, 5) is 23.7. The molecule has 2 aromatic rings. The molecule has 0 unspecified atom stereocenters. The average Bonchev–Trinajstić information content (AvgIpc) is 2.70. The fourth-order valence-electron chi connectivity index (χ4n) is 2.13. The molecule has 1 N–H and O–H groups in total. The maximum absolute atomic E-state index is 12.3. The Kier molecular flexibility index (Phi) is 8.01. The number of hydrogen-bond acceptors (Lipinski definition) is 6. The number of hydrogen-bond donors (Lipinski definition) is 1. The molecule has 0 bridgehead atoms. The van der Waals surface area contributed by atoms with E-state index in [1.54, 1.807) is 12.1 Å². The van der Waals surface area contributed by atoms with Crippen LogP contribution in [-0.4, -0.2) is 45.4 Å². The van der Waals surface area contributed by atoms with Crippen molar-refractivity contribution < 1.29 is 37.3 Å². The maximum atomic E-state index is 12.3. The highest BCUT2D eigenvalue weighted by Crippen LogP contribution is 2.29. The average molecular weight is 395 g/mol. The van der Waals surface area contributed by atoms with E-state index in [1.807, 2.05) is 18.2 Å². The van der Waals surface area contributed by atoms with Crippen molar-refractivity contribution in [3.8, 4) is 17.2 Å². The summed E-state index contributed by atoms with van der Waals surface area (Å²) in [5.41, 5.74) is 0.0266. The lowest BCUT2D eigenvalue weighted by molar-refractivity contribution is -0.124. The van der Waals surface area contributed by atoms with Gasteiger partial charge in [-0.15, -0.1) is 0 Å². The minimum atomic E-state index is -3.03. The molecule has 0 atom stereocenters. The third-order valence-electron chi connectivity index (χ3n) is 3.39. The number of carbonyl (C=O) groups is 2. The summed E-state index contributed by atoms with van der Waals surface area (Å²) < 4.78 is 44.1. The van der Waals surface area contributed by atoms with Crippen LogP contribution < -0.4 is 19.5 Å². The molecular weight excluding hydrogens is 376 g/mol. The third-order valence-corrected chi connectivity index (χ3v) is 3.39. The summed E-state index contributed by atoms with van der Waals surface area (Å²) in [6, 6.07) is 12.7. The number of nitrogens with one attached hydrogen (secondary N) is 1. The molecule has 9 heteroatoms. The van der Waals surface area contributed by atoms with E-state index in [-0.39, 0.29) is 30.2 Å². The summed E-state index contributed by atoms with van der Waals surface area (Å²) in [6.45, 7) is -3.03. The molecule has 2 aromatic carbocycles. The Morgan fingerprint density at radius 3 is 2.50 bits per heavy atom. The van der Waals surface area contributed by atoms with Gasteiger partial charge in [-0.3, -0.25) is 4.79 Å². The SMILES string of the molecule is COc1cc(C(=O)OCC(=O)NCCOc2ccccc2)ccc1OC(F)F. The first-order valence-corrected chi connectivity index (χ1v) is 8.24. The van der Waals surface area contributed by atoms with Crippen LogP contribution in [0.3, 0.4) is 0 Å². The van der Waals surface area contributed by atoms with Gasteiger partial charge in [0.05, 0.1) is 19.2 Å². The number of ether oxygens (including phenoxy) is 4. The largest absolute Gasteiger partial charge is 0.493 e. The first kappa shape index (κ1) is 20.9. The number of para-hydroxylation sites is 1. The Labute approximate surface area is 160 Å². The van der Waals surface area contributed by atoms with Crippen LogP contribution in [0.15, 0.2) is 48.5 Å². The van der Waals surface area contributed by atoms with Crippen LogP contribution in [0, 0.1) is 0 Å². The van der Waals surface area contributed by atoms with E-state index < -0.39 is 25.1 Å². The van der Waals surface area contributed by atoms with Gasteiger partial charge in [0, 0.05) is 0 Å². The number of benzene rings is 2. The fraction of sp³-hybridized carbons (Fsp3) is 0.263. The Morgan fingerprint density at radius 2 is 1.82 bits per heavy atom. The first-order valence-electron chi connectivity index (χ1n) is 8.24. The minimum absolute atomic E-state index is 0.0266. The molecule has 0 fully saturated rings. The Morgan fingerprint density at radius 1 is 1.07 bits per heavy atom. The molecule has 0 heterocycles. The van der Waals surface area contributed by atoms with Crippen LogP contribution in [0.25, 0.3) is 0 Å². The quantitative estimate of drug-likeness (QED) is 0.492. The molecule has 0 aliphatic rings. The van der Waals surface area contributed by atoms with E-state index in [2.05, 4.69) is 10.1 Å². The Hall–Kier alpha value is -3.36. The van der Waals surface area contributed by atoms with Crippen LogP contribution in [0.5, 0.6) is 17.2 Å². The molecule has 150 valence electrons. The zero-order valence-electron chi connectivity index (χ0n) is 15.0. The molecule has 0 saturated carbocycles. The van der Waals surface area contributed by atoms with E-state index >= 15 is 0 Å². The molecule has 0 aromatic heterocycles. The normalized spacial score (nSPS) is 10.3. The van der Waals surface area contributed by atoms with Crippen molar-refractivity contribution >= 4 is 11.9 Å². The highest BCUT2D eigenvalue weighted by atomic mass is 19.3. The molecule has 0 saturated heterocycles. The van der Waals surface area contributed by atoms with Gasteiger partial charge >= 0.3 is 12.6 Å². The monoisotopic (exact) mass is 395 g/mol. The van der Waals surface area contributed by atoms with Crippen LogP contribution >= 0.6 is 0 Å². The highest BCUT2D eigenvalue weighted by Gasteiger charge is 2.16. The van der Waals surface area contributed by atoms with Crippen molar-refractivity contribution in [2.75, 3.05) is 26.9 Å². The van der Waals surface area contributed by atoms with Gasteiger partial charge in [0.25, 0.3) is 5.91 Å². The molecule has 28 heavy (non-hydrogen) atoms. The van der Waals surface area contributed by atoms with Crippen molar-refractivity contribution in [3.05, 3.63) is 54.1 Å². The number of rotatable bonds is 10. The second-order valence-corrected chi connectivity index (χ2v) is 5.33. The van der Waals surface area contributed by atoms with Crippen LogP contribution in [0.1, 0.15) is 10.4 Å². The molecule has 1 amide bonds. The zero-order valence-corrected chi connectivity index (χ0v) is 15.0. The van der Waals surface area contributed by atoms with E-state index in [9.17, 15) is 18.4 Å². The van der Waals surface area contributed by atoms with Crippen LogP contribution in [0.4, 0.5) is 8.78 Å². The number of amides is 1. The lowest BCUT2D eigenvalue weighted by Gasteiger charge is -2.11. The third kappa shape index (κ3) is 6.75. The van der Waals surface area contributed by atoms with E-state index in [0.717, 1.165) is 6.07 Å². The van der Waals surface area contributed by atoms with E-state index in [4.69, 9.17) is 14.2 Å². The van der Waals surface area contributed by atoms with Gasteiger partial charge in [-0.2, -0.15) is 8.78 Å². The van der Waals surface area contributed by atoms with E-state index in [1.165, 1.54) is 19.2 Å². The van der Waals surface area contributed by atoms with Crippen molar-refractivity contribution in [3.63, 3.8) is 0 Å². The summed E-state index contributed by atoms with van der Waals surface area (Å²) in [7, 11) is 1.24. The summed E-state index contributed by atoms with van der Waals surface area (Å²) in [5, 5.41) is 2.54. The maximum Gasteiger partial charge on any atom is 0.387 e. The molecule has 0 aliphatic carbocycles. The smallest absolute Gasteiger partial charge is 0.387 e. The van der Waals surface area contributed by atoms with Gasteiger partial charge in [-0.25, -0.2) is 4.79 Å². The van der Waals surface area contributed by atoms with Gasteiger partial charge in [-0.1, -0.05) is 18.2 Å². The number of halogens is 2. The van der Waals surface area contributed by atoms with Gasteiger partial charge in [-0.05, 0) is 30.3 Å². The lowest BCUT2D eigenvalue weighted by atomic mass is 10.2. The van der Waals surface area contributed by atoms with Crippen LogP contribution in [0.2, 0.25) is 0 Å². The van der Waals surface area contributed by atoms with Gasteiger partial charge in [0.15, 0.2) is 18.1 Å². The molecule has 0 spiro atoms. The second kappa shape index (κ2) is 10.7. The Bertz CT molecular complexity index is 785. The van der Waals surface area contributed by atoms with Crippen molar-refractivity contribution in [2.45, 2.75) is 6.61 Å². The molecule has 0 aliphatic heterocycles. The first-order chi connectivity index (χ1) is 13.5. The summed E-state index contributed by atoms with van der Waals surface area (Å²) in [5.74, 6) is -0.911.